The normalized spacial score (nSPS) is 20.5. The van der Waals surface area contributed by atoms with E-state index in [4.69, 9.17) is 17.3 Å². The first kappa shape index (κ1) is 15.5. The highest BCUT2D eigenvalue weighted by molar-refractivity contribution is 6.31. The lowest BCUT2D eigenvalue weighted by Gasteiger charge is -2.26. The van der Waals surface area contributed by atoms with Crippen LogP contribution in [0.1, 0.15) is 32.3 Å². The number of anilines is 1. The summed E-state index contributed by atoms with van der Waals surface area (Å²) >= 11 is 6.04. The van der Waals surface area contributed by atoms with Gasteiger partial charge < -0.3 is 10.6 Å². The van der Waals surface area contributed by atoms with E-state index in [-0.39, 0.29) is 24.7 Å². The highest BCUT2D eigenvalue weighted by Crippen LogP contribution is 2.47. The van der Waals surface area contributed by atoms with Crippen molar-refractivity contribution in [1.82, 2.24) is 0 Å². The van der Waals surface area contributed by atoms with Crippen LogP contribution in [-0.2, 0) is 19.8 Å². The summed E-state index contributed by atoms with van der Waals surface area (Å²) in [6.45, 7) is 3.10. The summed E-state index contributed by atoms with van der Waals surface area (Å²) in [5.41, 5.74) is 5.57. The highest BCUT2D eigenvalue weighted by Gasteiger charge is 2.50. The number of primary amides is 1. The lowest BCUT2D eigenvalue weighted by Crippen LogP contribution is -2.44. The number of halogens is 1. The molecule has 21 heavy (non-hydrogen) atoms. The molecule has 0 aliphatic carbocycles. The second kappa shape index (κ2) is 5.48. The van der Waals surface area contributed by atoms with E-state index in [1.807, 2.05) is 6.92 Å². The Morgan fingerprint density at radius 1 is 1.38 bits per heavy atom. The minimum Gasteiger partial charge on any atom is -0.368 e. The number of carbonyl (C=O) groups excluding carboxylic acids is 3. The first-order valence-corrected chi connectivity index (χ1v) is 7.09. The average Bonchev–Trinajstić information content (AvgIpc) is 2.60. The second-order valence-corrected chi connectivity index (χ2v) is 5.77. The third-order valence-corrected chi connectivity index (χ3v) is 4.12. The van der Waals surface area contributed by atoms with Crippen LogP contribution in [0.3, 0.4) is 0 Å². The zero-order chi connectivity index (χ0) is 15.8. The van der Waals surface area contributed by atoms with Crippen LogP contribution < -0.4 is 10.6 Å². The Bertz CT molecular complexity index is 629. The lowest BCUT2D eigenvalue weighted by molar-refractivity contribution is -0.128. The maximum Gasteiger partial charge on any atom is 0.238 e. The highest BCUT2D eigenvalue weighted by atomic mass is 35.5. The molecule has 112 valence electrons. The van der Waals surface area contributed by atoms with E-state index in [1.54, 1.807) is 18.2 Å². The molecule has 0 radical (unpaired) electrons. The molecule has 0 saturated heterocycles. The van der Waals surface area contributed by atoms with Gasteiger partial charge in [0.25, 0.3) is 0 Å². The molecular formula is C15H17ClN2O3. The van der Waals surface area contributed by atoms with Gasteiger partial charge in [-0.15, -0.1) is 0 Å². The van der Waals surface area contributed by atoms with E-state index in [0.717, 1.165) is 0 Å². The smallest absolute Gasteiger partial charge is 0.238 e. The zero-order valence-corrected chi connectivity index (χ0v) is 12.7. The first-order valence-electron chi connectivity index (χ1n) is 6.71. The molecule has 0 aromatic heterocycles. The number of ketones is 1. The van der Waals surface area contributed by atoms with Gasteiger partial charge in [-0.1, -0.05) is 18.5 Å². The molecule has 0 fully saturated rings. The van der Waals surface area contributed by atoms with Gasteiger partial charge in [-0.25, -0.2) is 0 Å². The van der Waals surface area contributed by atoms with E-state index < -0.39 is 11.3 Å². The number of benzene rings is 1. The summed E-state index contributed by atoms with van der Waals surface area (Å²) in [7, 11) is 0. The van der Waals surface area contributed by atoms with Gasteiger partial charge in [0.05, 0.1) is 5.41 Å². The molecule has 1 aliphatic rings. The third-order valence-electron chi connectivity index (χ3n) is 3.89. The number of hydrogen-bond donors (Lipinski definition) is 1. The lowest BCUT2D eigenvalue weighted by atomic mass is 9.75. The van der Waals surface area contributed by atoms with Gasteiger partial charge in [0, 0.05) is 17.1 Å². The number of fused-ring (bicyclic) bond motifs is 1. The predicted octanol–water partition coefficient (Wildman–Crippen LogP) is 1.80. The van der Waals surface area contributed by atoms with Gasteiger partial charge in [-0.05, 0) is 37.1 Å². The van der Waals surface area contributed by atoms with Crippen LogP contribution in [-0.4, -0.2) is 24.1 Å². The molecule has 1 aromatic rings. The van der Waals surface area contributed by atoms with E-state index in [0.29, 0.717) is 22.7 Å². The number of rotatable bonds is 5. The quantitative estimate of drug-likeness (QED) is 0.900. The van der Waals surface area contributed by atoms with Gasteiger partial charge in [-0.3, -0.25) is 14.4 Å². The molecule has 1 aliphatic heterocycles. The van der Waals surface area contributed by atoms with Crippen molar-refractivity contribution in [3.05, 3.63) is 28.8 Å². The Balaban J connectivity index is 2.63. The molecule has 0 saturated carbocycles. The summed E-state index contributed by atoms with van der Waals surface area (Å²) in [6.07, 6.45) is 0.541. The largest absolute Gasteiger partial charge is 0.368 e. The molecule has 2 amide bonds. The Kier molecular flexibility index (Phi) is 4.05. The Labute approximate surface area is 128 Å². The van der Waals surface area contributed by atoms with Crippen molar-refractivity contribution >= 4 is 34.9 Å². The fourth-order valence-electron chi connectivity index (χ4n) is 2.99. The fraction of sp³-hybridized carbons (Fsp3) is 0.400. The van der Waals surface area contributed by atoms with E-state index >= 15 is 0 Å². The van der Waals surface area contributed by atoms with Crippen molar-refractivity contribution in [3.63, 3.8) is 0 Å². The van der Waals surface area contributed by atoms with Crippen molar-refractivity contribution < 1.29 is 14.4 Å². The van der Waals surface area contributed by atoms with Crippen molar-refractivity contribution in [2.45, 2.75) is 32.1 Å². The molecule has 0 spiro atoms. The Morgan fingerprint density at radius 3 is 2.57 bits per heavy atom. The monoisotopic (exact) mass is 308 g/mol. The van der Waals surface area contributed by atoms with Crippen LogP contribution in [0.4, 0.5) is 5.69 Å². The van der Waals surface area contributed by atoms with Gasteiger partial charge in [-0.2, -0.15) is 0 Å². The minimum absolute atomic E-state index is 0.0861. The van der Waals surface area contributed by atoms with Gasteiger partial charge >= 0.3 is 0 Å². The summed E-state index contributed by atoms with van der Waals surface area (Å²) in [4.78, 5) is 37.0. The summed E-state index contributed by atoms with van der Waals surface area (Å²) in [5, 5.41) is 0.490. The average molecular weight is 309 g/mol. The minimum atomic E-state index is -0.957. The molecule has 6 heteroatoms. The standard InChI is InChI=1S/C15H17ClN2O3/c1-3-15(7-9(2)19)11-6-10(16)4-5-12(11)18(14(15)21)8-13(17)20/h4-6H,3,7-8H2,1-2H3,(H2,17,20). The van der Waals surface area contributed by atoms with E-state index in [9.17, 15) is 14.4 Å². The molecule has 5 nitrogen and oxygen atoms in total. The Hall–Kier alpha value is -1.88. The maximum atomic E-state index is 12.8. The molecule has 1 atom stereocenters. The Morgan fingerprint density at radius 2 is 2.05 bits per heavy atom. The number of nitrogens with two attached hydrogens (primary N) is 1. The van der Waals surface area contributed by atoms with Crippen LogP contribution >= 0.6 is 11.6 Å². The maximum absolute atomic E-state index is 12.8. The third kappa shape index (κ3) is 2.53. The van der Waals surface area contributed by atoms with Crippen LogP contribution in [0.5, 0.6) is 0 Å². The first-order chi connectivity index (χ1) is 9.81. The van der Waals surface area contributed by atoms with Gasteiger partial charge in [0.1, 0.15) is 12.3 Å². The van der Waals surface area contributed by atoms with Crippen molar-refractivity contribution in [1.29, 1.82) is 0 Å². The van der Waals surface area contributed by atoms with Crippen LogP contribution in [0.15, 0.2) is 18.2 Å². The van der Waals surface area contributed by atoms with Crippen molar-refractivity contribution in [2.75, 3.05) is 11.4 Å². The molecule has 2 rings (SSSR count). The predicted molar refractivity (Wildman–Crippen MR) is 80.3 cm³/mol. The molecule has 0 bridgehead atoms. The summed E-state index contributed by atoms with van der Waals surface area (Å²) in [6, 6.07) is 5.04. The zero-order valence-electron chi connectivity index (χ0n) is 12.0. The van der Waals surface area contributed by atoms with E-state index in [2.05, 4.69) is 0 Å². The molecule has 1 unspecified atom stereocenters. The molecular weight excluding hydrogens is 292 g/mol. The van der Waals surface area contributed by atoms with Crippen molar-refractivity contribution in [2.24, 2.45) is 5.73 Å². The molecule has 2 N–H and O–H groups in total. The summed E-state index contributed by atoms with van der Waals surface area (Å²) in [5.74, 6) is -0.952. The number of amides is 2. The fourth-order valence-corrected chi connectivity index (χ4v) is 3.16. The topological polar surface area (TPSA) is 80.5 Å². The number of hydrogen-bond acceptors (Lipinski definition) is 3. The number of nitrogens with zero attached hydrogens (tertiary/aromatic N) is 1. The second-order valence-electron chi connectivity index (χ2n) is 5.33. The summed E-state index contributed by atoms with van der Waals surface area (Å²) < 4.78 is 0. The van der Waals surface area contributed by atoms with E-state index in [1.165, 1.54) is 11.8 Å². The number of Topliss-reactive ketones (excluding diaryl/α,β-unsaturated/α-hetero) is 1. The van der Waals surface area contributed by atoms with Crippen LogP contribution in [0.2, 0.25) is 5.02 Å². The number of carbonyl (C=O) groups is 3. The van der Waals surface area contributed by atoms with Crippen LogP contribution in [0.25, 0.3) is 0 Å². The van der Waals surface area contributed by atoms with Gasteiger partial charge in [0.15, 0.2) is 0 Å². The molecule has 1 heterocycles. The molecule has 1 aromatic carbocycles. The van der Waals surface area contributed by atoms with Crippen LogP contribution in [0, 0.1) is 0 Å². The SMILES string of the molecule is CCC1(CC(C)=O)C(=O)N(CC(N)=O)c2ccc(Cl)cc21. The van der Waals surface area contributed by atoms with Crippen molar-refractivity contribution in [3.8, 4) is 0 Å². The van der Waals surface area contributed by atoms with Gasteiger partial charge in [0.2, 0.25) is 11.8 Å².